The molecule has 1 N–H and O–H groups in total. The molecule has 0 bridgehead atoms. The van der Waals surface area contributed by atoms with E-state index >= 15 is 0 Å². The summed E-state index contributed by atoms with van der Waals surface area (Å²) < 4.78 is 10.7. The van der Waals surface area contributed by atoms with E-state index in [9.17, 15) is 0 Å². The number of ether oxygens (including phenoxy) is 2. The maximum absolute atomic E-state index is 5.42. The van der Waals surface area contributed by atoms with E-state index in [2.05, 4.69) is 37.4 Å². The molecule has 1 aromatic rings. The van der Waals surface area contributed by atoms with Crippen molar-refractivity contribution in [1.29, 1.82) is 0 Å². The maximum Gasteiger partial charge on any atom is 0.122 e. The molecule has 0 fully saturated rings. The topological polar surface area (TPSA) is 30.5 Å². The lowest BCUT2D eigenvalue weighted by atomic mass is 10.0. The first kappa shape index (κ1) is 16.0. The van der Waals surface area contributed by atoms with Crippen LogP contribution in [0.3, 0.4) is 0 Å². The first-order valence-corrected chi connectivity index (χ1v) is 7.07. The fraction of sp³-hybridized carbons (Fsp3) is 0.625. The molecule has 0 aliphatic carbocycles. The molecule has 1 aromatic carbocycles. The molecule has 3 heteroatoms. The lowest BCUT2D eigenvalue weighted by Crippen LogP contribution is -2.34. The average Bonchev–Trinajstić information content (AvgIpc) is 2.42. The van der Waals surface area contributed by atoms with Crippen LogP contribution in [-0.2, 0) is 11.2 Å². The second-order valence-corrected chi connectivity index (χ2v) is 4.96. The summed E-state index contributed by atoms with van der Waals surface area (Å²) in [7, 11) is 3.49. The summed E-state index contributed by atoms with van der Waals surface area (Å²) in [6.07, 6.45) is 3.22. The van der Waals surface area contributed by atoms with E-state index in [1.807, 2.05) is 0 Å². The number of hydrogen-bond donors (Lipinski definition) is 1. The highest BCUT2D eigenvalue weighted by Crippen LogP contribution is 2.21. The maximum atomic E-state index is 5.42. The third-order valence-corrected chi connectivity index (χ3v) is 3.25. The van der Waals surface area contributed by atoms with Crippen molar-refractivity contribution in [2.45, 2.75) is 39.2 Å². The number of hydrogen-bond acceptors (Lipinski definition) is 3. The first-order valence-electron chi connectivity index (χ1n) is 7.07. The molecular formula is C16H27NO2. The first-order chi connectivity index (χ1) is 9.21. The van der Waals surface area contributed by atoms with Crippen molar-refractivity contribution < 1.29 is 9.47 Å². The normalized spacial score (nSPS) is 12.4. The Bertz CT molecular complexity index is 366. The molecule has 19 heavy (non-hydrogen) atoms. The third-order valence-electron chi connectivity index (χ3n) is 3.25. The van der Waals surface area contributed by atoms with Crippen LogP contribution in [0.25, 0.3) is 0 Å². The smallest absolute Gasteiger partial charge is 0.122 e. The van der Waals surface area contributed by atoms with Crippen LogP contribution in [0.2, 0.25) is 0 Å². The summed E-state index contributed by atoms with van der Waals surface area (Å²) in [4.78, 5) is 0. The molecule has 1 atom stereocenters. The number of methoxy groups -OCH3 is 2. The van der Waals surface area contributed by atoms with E-state index in [-0.39, 0.29) is 0 Å². The van der Waals surface area contributed by atoms with Gasteiger partial charge in [0.25, 0.3) is 0 Å². The molecular weight excluding hydrogens is 238 g/mol. The van der Waals surface area contributed by atoms with Crippen LogP contribution in [0, 0.1) is 6.92 Å². The van der Waals surface area contributed by atoms with Gasteiger partial charge in [0.05, 0.1) is 13.7 Å². The molecule has 0 heterocycles. The van der Waals surface area contributed by atoms with E-state index in [1.165, 1.54) is 11.1 Å². The molecule has 0 spiro atoms. The standard InChI is InChI=1S/C16H27NO2/c1-5-10-17-15(12-18-3)8-7-14-11-13(2)6-9-16(14)19-4/h6,9,11,15,17H,5,7-8,10,12H2,1-4H3. The monoisotopic (exact) mass is 265 g/mol. The van der Waals surface area contributed by atoms with E-state index < -0.39 is 0 Å². The van der Waals surface area contributed by atoms with E-state index in [1.54, 1.807) is 14.2 Å². The van der Waals surface area contributed by atoms with Gasteiger partial charge in [-0.05, 0) is 44.4 Å². The molecule has 3 nitrogen and oxygen atoms in total. The van der Waals surface area contributed by atoms with Crippen LogP contribution < -0.4 is 10.1 Å². The van der Waals surface area contributed by atoms with Crippen molar-refractivity contribution >= 4 is 0 Å². The number of benzene rings is 1. The number of aryl methyl sites for hydroxylation is 2. The van der Waals surface area contributed by atoms with Crippen LogP contribution in [0.15, 0.2) is 18.2 Å². The van der Waals surface area contributed by atoms with Crippen molar-refractivity contribution in [3.8, 4) is 5.75 Å². The van der Waals surface area contributed by atoms with Crippen molar-refractivity contribution in [3.63, 3.8) is 0 Å². The van der Waals surface area contributed by atoms with Crippen LogP contribution in [0.1, 0.15) is 30.9 Å². The number of nitrogens with one attached hydrogen (secondary N) is 1. The Morgan fingerprint density at radius 1 is 1.26 bits per heavy atom. The average molecular weight is 265 g/mol. The Hall–Kier alpha value is -1.06. The minimum atomic E-state index is 0.412. The Morgan fingerprint density at radius 3 is 2.68 bits per heavy atom. The van der Waals surface area contributed by atoms with Gasteiger partial charge in [0.2, 0.25) is 0 Å². The van der Waals surface area contributed by atoms with Gasteiger partial charge in [-0.15, -0.1) is 0 Å². The zero-order valence-corrected chi connectivity index (χ0v) is 12.7. The molecule has 0 radical (unpaired) electrons. The van der Waals surface area contributed by atoms with Crippen LogP contribution in [0.5, 0.6) is 5.75 Å². The Labute approximate surface area is 117 Å². The molecule has 0 amide bonds. The van der Waals surface area contributed by atoms with Crippen molar-refractivity contribution in [2.75, 3.05) is 27.4 Å². The summed E-state index contributed by atoms with van der Waals surface area (Å²) in [5.41, 5.74) is 2.56. The lowest BCUT2D eigenvalue weighted by molar-refractivity contribution is 0.162. The quantitative estimate of drug-likeness (QED) is 0.744. The molecule has 1 unspecified atom stereocenters. The SMILES string of the molecule is CCCNC(CCc1cc(C)ccc1OC)COC. The highest BCUT2D eigenvalue weighted by Gasteiger charge is 2.10. The van der Waals surface area contributed by atoms with E-state index in [0.29, 0.717) is 6.04 Å². The van der Waals surface area contributed by atoms with Crippen LogP contribution >= 0.6 is 0 Å². The van der Waals surface area contributed by atoms with Crippen molar-refractivity contribution in [3.05, 3.63) is 29.3 Å². The van der Waals surface area contributed by atoms with Gasteiger partial charge >= 0.3 is 0 Å². The highest BCUT2D eigenvalue weighted by molar-refractivity contribution is 5.36. The summed E-state index contributed by atoms with van der Waals surface area (Å²) >= 11 is 0. The van der Waals surface area contributed by atoms with Gasteiger partial charge in [0, 0.05) is 13.2 Å². The molecule has 108 valence electrons. The molecule has 1 rings (SSSR count). The Morgan fingerprint density at radius 2 is 2.05 bits per heavy atom. The summed E-state index contributed by atoms with van der Waals surface area (Å²) in [6.45, 7) is 6.10. The second-order valence-electron chi connectivity index (χ2n) is 4.96. The molecule has 0 saturated carbocycles. The zero-order chi connectivity index (χ0) is 14.1. The molecule has 0 saturated heterocycles. The van der Waals surface area contributed by atoms with Gasteiger partial charge in [-0.25, -0.2) is 0 Å². The van der Waals surface area contributed by atoms with Gasteiger partial charge in [0.15, 0.2) is 0 Å². The van der Waals surface area contributed by atoms with Crippen molar-refractivity contribution in [2.24, 2.45) is 0 Å². The zero-order valence-electron chi connectivity index (χ0n) is 12.7. The predicted octanol–water partition coefficient (Wildman–Crippen LogP) is 2.95. The van der Waals surface area contributed by atoms with E-state index in [4.69, 9.17) is 9.47 Å². The highest BCUT2D eigenvalue weighted by atomic mass is 16.5. The van der Waals surface area contributed by atoms with Crippen LogP contribution in [-0.4, -0.2) is 33.4 Å². The van der Waals surface area contributed by atoms with Gasteiger partial charge in [-0.3, -0.25) is 0 Å². The van der Waals surface area contributed by atoms with Gasteiger partial charge in [-0.1, -0.05) is 24.6 Å². The molecule has 0 aromatic heterocycles. The van der Waals surface area contributed by atoms with Gasteiger partial charge in [0.1, 0.15) is 5.75 Å². The minimum Gasteiger partial charge on any atom is -0.496 e. The largest absolute Gasteiger partial charge is 0.496 e. The fourth-order valence-corrected chi connectivity index (χ4v) is 2.23. The predicted molar refractivity (Wildman–Crippen MR) is 80.0 cm³/mol. The summed E-state index contributed by atoms with van der Waals surface area (Å²) in [6, 6.07) is 6.76. The minimum absolute atomic E-state index is 0.412. The second kappa shape index (κ2) is 8.94. The number of rotatable bonds is 9. The Balaban J connectivity index is 2.59. The molecule has 0 aliphatic rings. The summed E-state index contributed by atoms with van der Waals surface area (Å²) in [5, 5.41) is 3.53. The van der Waals surface area contributed by atoms with Gasteiger partial charge < -0.3 is 14.8 Å². The lowest BCUT2D eigenvalue weighted by Gasteiger charge is -2.18. The Kier molecular flexibility index (Phi) is 7.53. The van der Waals surface area contributed by atoms with Crippen LogP contribution in [0.4, 0.5) is 0 Å². The third kappa shape index (κ3) is 5.62. The van der Waals surface area contributed by atoms with Crippen molar-refractivity contribution in [1.82, 2.24) is 5.32 Å². The van der Waals surface area contributed by atoms with Gasteiger partial charge in [-0.2, -0.15) is 0 Å². The van der Waals surface area contributed by atoms with E-state index in [0.717, 1.165) is 38.2 Å². The fourth-order valence-electron chi connectivity index (χ4n) is 2.23. The molecule has 0 aliphatic heterocycles. The summed E-state index contributed by atoms with van der Waals surface area (Å²) in [5.74, 6) is 0.984.